The van der Waals surface area contributed by atoms with Crippen molar-refractivity contribution in [3.63, 3.8) is 0 Å². The van der Waals surface area contributed by atoms with Crippen molar-refractivity contribution in [2.75, 3.05) is 0 Å². The molecular formula is C16H13F2NO3S. The fourth-order valence-corrected chi connectivity index (χ4v) is 3.27. The summed E-state index contributed by atoms with van der Waals surface area (Å²) in [7, 11) is -4.64. The summed E-state index contributed by atoms with van der Waals surface area (Å²) in [6, 6.07) is 12.3. The van der Waals surface area contributed by atoms with E-state index in [2.05, 4.69) is 0 Å². The maximum Gasteiger partial charge on any atom is 0.341 e. The van der Waals surface area contributed by atoms with E-state index in [9.17, 15) is 22.0 Å². The van der Waals surface area contributed by atoms with E-state index in [-0.39, 0.29) is 11.5 Å². The van der Waals surface area contributed by atoms with Crippen molar-refractivity contribution in [1.82, 2.24) is 4.90 Å². The van der Waals surface area contributed by atoms with Gasteiger partial charge in [0.25, 0.3) is 5.91 Å². The van der Waals surface area contributed by atoms with Crippen LogP contribution < -0.4 is 0 Å². The SMILES string of the molecule is O=C(c1ccc(S(=O)(=O)C(F)F)cc1)N1Cc2ccccc2C1. The number of carbonyl (C=O) groups is 1. The standard InChI is InChI=1S/C16H13F2NO3S/c17-16(18)23(21,22)14-7-5-11(6-8-14)15(20)19-9-12-3-1-2-4-13(12)10-19/h1-8,16H,9-10H2. The van der Waals surface area contributed by atoms with Crippen molar-refractivity contribution in [2.24, 2.45) is 0 Å². The summed E-state index contributed by atoms with van der Waals surface area (Å²) in [5.74, 6) is -3.74. The Morgan fingerprint density at radius 1 is 0.957 bits per heavy atom. The highest BCUT2D eigenvalue weighted by atomic mass is 32.2. The molecule has 0 saturated heterocycles. The minimum atomic E-state index is -4.64. The predicted molar refractivity (Wildman–Crippen MR) is 79.7 cm³/mol. The molecule has 0 fully saturated rings. The van der Waals surface area contributed by atoms with E-state index in [4.69, 9.17) is 0 Å². The van der Waals surface area contributed by atoms with Crippen LogP contribution in [0.1, 0.15) is 21.5 Å². The van der Waals surface area contributed by atoms with Gasteiger partial charge >= 0.3 is 5.76 Å². The van der Waals surface area contributed by atoms with Crippen molar-refractivity contribution >= 4 is 15.7 Å². The quantitative estimate of drug-likeness (QED) is 0.865. The summed E-state index contributed by atoms with van der Waals surface area (Å²) >= 11 is 0. The third-order valence-corrected chi connectivity index (χ3v) is 5.19. The van der Waals surface area contributed by atoms with Crippen LogP contribution in [0, 0.1) is 0 Å². The van der Waals surface area contributed by atoms with Crippen molar-refractivity contribution in [3.8, 4) is 0 Å². The molecule has 0 radical (unpaired) electrons. The van der Waals surface area contributed by atoms with E-state index in [1.54, 1.807) is 4.90 Å². The Bertz CT molecular complexity index is 823. The van der Waals surface area contributed by atoms with E-state index in [1.807, 2.05) is 24.3 Å². The predicted octanol–water partition coefficient (Wildman–Crippen LogP) is 2.84. The molecule has 1 aliphatic rings. The second-order valence-corrected chi connectivity index (χ2v) is 7.18. The second kappa shape index (κ2) is 5.73. The fourth-order valence-electron chi connectivity index (χ4n) is 2.55. The van der Waals surface area contributed by atoms with Gasteiger partial charge in [-0.25, -0.2) is 8.42 Å². The number of hydrogen-bond acceptors (Lipinski definition) is 3. The number of alkyl halides is 2. The van der Waals surface area contributed by atoms with Gasteiger partial charge in [0.1, 0.15) is 0 Å². The lowest BCUT2D eigenvalue weighted by molar-refractivity contribution is 0.0751. The van der Waals surface area contributed by atoms with Crippen LogP contribution in [0.2, 0.25) is 0 Å². The molecule has 1 amide bonds. The topological polar surface area (TPSA) is 54.5 Å². The highest BCUT2D eigenvalue weighted by Gasteiger charge is 2.28. The van der Waals surface area contributed by atoms with Crippen LogP contribution in [-0.2, 0) is 22.9 Å². The molecule has 23 heavy (non-hydrogen) atoms. The van der Waals surface area contributed by atoms with Gasteiger partial charge in [-0.05, 0) is 35.4 Å². The maximum atomic E-state index is 12.5. The molecule has 120 valence electrons. The molecule has 1 heterocycles. The van der Waals surface area contributed by atoms with Crippen molar-refractivity contribution in [3.05, 3.63) is 65.2 Å². The smallest absolute Gasteiger partial charge is 0.330 e. The average Bonchev–Trinajstić information content (AvgIpc) is 2.98. The number of nitrogens with zero attached hydrogens (tertiary/aromatic N) is 1. The monoisotopic (exact) mass is 337 g/mol. The zero-order chi connectivity index (χ0) is 16.6. The van der Waals surface area contributed by atoms with Gasteiger partial charge in [0.05, 0.1) is 4.90 Å². The Labute approximate surface area is 132 Å². The Morgan fingerprint density at radius 3 is 1.96 bits per heavy atom. The second-order valence-electron chi connectivity index (χ2n) is 5.26. The number of fused-ring (bicyclic) bond motifs is 1. The molecule has 2 aromatic carbocycles. The molecule has 4 nitrogen and oxygen atoms in total. The molecule has 0 bridgehead atoms. The first kappa shape index (κ1) is 15.6. The lowest BCUT2D eigenvalue weighted by Crippen LogP contribution is -2.25. The Morgan fingerprint density at radius 2 is 1.48 bits per heavy atom. The number of halogens is 2. The molecule has 7 heteroatoms. The summed E-state index contributed by atoms with van der Waals surface area (Å²) in [6.07, 6.45) is 0. The molecular weight excluding hydrogens is 324 g/mol. The van der Waals surface area contributed by atoms with Gasteiger partial charge in [0.15, 0.2) is 0 Å². The lowest BCUT2D eigenvalue weighted by Gasteiger charge is -2.15. The van der Waals surface area contributed by atoms with Crippen LogP contribution in [0.5, 0.6) is 0 Å². The van der Waals surface area contributed by atoms with Crippen LogP contribution in [0.15, 0.2) is 53.4 Å². The van der Waals surface area contributed by atoms with E-state index >= 15 is 0 Å². The number of benzene rings is 2. The Kier molecular flexibility index (Phi) is 3.89. The van der Waals surface area contributed by atoms with E-state index < -0.39 is 20.5 Å². The first-order valence-corrected chi connectivity index (χ1v) is 8.42. The summed E-state index contributed by atoms with van der Waals surface area (Å²) < 4.78 is 47.7. The van der Waals surface area contributed by atoms with Crippen molar-refractivity contribution in [2.45, 2.75) is 23.7 Å². The Balaban J connectivity index is 1.80. The van der Waals surface area contributed by atoms with Crippen molar-refractivity contribution in [1.29, 1.82) is 0 Å². The molecule has 3 rings (SSSR count). The van der Waals surface area contributed by atoms with Crippen molar-refractivity contribution < 1.29 is 22.0 Å². The van der Waals surface area contributed by atoms with Gasteiger partial charge in [-0.2, -0.15) is 8.78 Å². The zero-order valence-corrected chi connectivity index (χ0v) is 12.8. The highest BCUT2D eigenvalue weighted by molar-refractivity contribution is 7.91. The van der Waals surface area contributed by atoms with Crippen LogP contribution in [0.25, 0.3) is 0 Å². The van der Waals surface area contributed by atoms with Gasteiger partial charge in [0, 0.05) is 18.7 Å². The van der Waals surface area contributed by atoms with Crippen LogP contribution in [-0.4, -0.2) is 25.0 Å². The van der Waals surface area contributed by atoms with E-state index in [1.165, 1.54) is 12.1 Å². The summed E-state index contributed by atoms with van der Waals surface area (Å²) in [6.45, 7) is 0.957. The number of amides is 1. The van der Waals surface area contributed by atoms with Gasteiger partial charge in [-0.3, -0.25) is 4.79 Å². The molecule has 0 atom stereocenters. The molecule has 0 aromatic heterocycles. The fraction of sp³-hybridized carbons (Fsp3) is 0.188. The number of sulfone groups is 1. The number of carbonyl (C=O) groups excluding carboxylic acids is 1. The lowest BCUT2D eigenvalue weighted by atomic mass is 10.1. The number of hydrogen-bond donors (Lipinski definition) is 0. The first-order valence-electron chi connectivity index (χ1n) is 6.88. The summed E-state index contributed by atoms with van der Waals surface area (Å²) in [5, 5.41) is 0. The minimum absolute atomic E-state index is 0.262. The zero-order valence-electron chi connectivity index (χ0n) is 11.9. The normalized spacial score (nSPS) is 14.1. The van der Waals surface area contributed by atoms with Gasteiger partial charge in [-0.1, -0.05) is 24.3 Å². The van der Waals surface area contributed by atoms with Crippen LogP contribution >= 0.6 is 0 Å². The Hall–Kier alpha value is -2.28. The molecule has 0 spiro atoms. The van der Waals surface area contributed by atoms with E-state index in [0.29, 0.717) is 13.1 Å². The molecule has 1 aliphatic heterocycles. The molecule has 0 N–H and O–H groups in total. The average molecular weight is 337 g/mol. The third kappa shape index (κ3) is 2.84. The summed E-state index contributed by atoms with van der Waals surface area (Å²) in [4.78, 5) is 13.6. The molecule has 0 saturated carbocycles. The molecule has 2 aromatic rings. The van der Waals surface area contributed by atoms with Crippen LogP contribution in [0.4, 0.5) is 8.78 Å². The molecule has 0 aliphatic carbocycles. The minimum Gasteiger partial charge on any atom is -0.330 e. The third-order valence-electron chi connectivity index (χ3n) is 3.79. The van der Waals surface area contributed by atoms with Gasteiger partial charge in [-0.15, -0.1) is 0 Å². The van der Waals surface area contributed by atoms with Gasteiger partial charge in [0.2, 0.25) is 9.84 Å². The molecule has 0 unspecified atom stereocenters. The largest absolute Gasteiger partial charge is 0.341 e. The maximum absolute atomic E-state index is 12.5. The number of rotatable bonds is 3. The van der Waals surface area contributed by atoms with E-state index in [0.717, 1.165) is 23.3 Å². The van der Waals surface area contributed by atoms with Crippen LogP contribution in [0.3, 0.4) is 0 Å². The van der Waals surface area contributed by atoms with Gasteiger partial charge < -0.3 is 4.90 Å². The first-order chi connectivity index (χ1) is 10.9. The summed E-state index contributed by atoms with van der Waals surface area (Å²) in [5.41, 5.74) is 2.40. The highest BCUT2D eigenvalue weighted by Crippen LogP contribution is 2.25.